The van der Waals surface area contributed by atoms with Crippen molar-refractivity contribution in [1.29, 1.82) is 0 Å². The van der Waals surface area contributed by atoms with Gasteiger partial charge in [0.05, 0.1) is 6.04 Å². The van der Waals surface area contributed by atoms with Crippen LogP contribution in [-0.4, -0.2) is 58.0 Å². The average molecular weight is 520 g/mol. The zero-order valence-electron chi connectivity index (χ0n) is 22.6. The van der Waals surface area contributed by atoms with E-state index < -0.39 is 0 Å². The smallest absolute Gasteiger partial charge is 0.244 e. The minimum absolute atomic E-state index is 0.0875. The van der Waals surface area contributed by atoms with Crippen molar-refractivity contribution in [3.05, 3.63) is 131 Å². The molecule has 5 rings (SSSR count). The Balaban J connectivity index is 1.12. The molecule has 0 spiro atoms. The van der Waals surface area contributed by atoms with Crippen molar-refractivity contribution in [1.82, 2.24) is 24.7 Å². The number of carbonyl (C=O) groups is 1. The van der Waals surface area contributed by atoms with Crippen LogP contribution in [0.5, 0.6) is 0 Å². The van der Waals surface area contributed by atoms with Crippen LogP contribution in [0.2, 0.25) is 0 Å². The summed E-state index contributed by atoms with van der Waals surface area (Å²) in [6.45, 7) is 5.68. The number of hydrogen-bond acceptors (Lipinski definition) is 4. The van der Waals surface area contributed by atoms with E-state index in [1.807, 2.05) is 12.1 Å². The second kappa shape index (κ2) is 13.2. The van der Waals surface area contributed by atoms with E-state index in [4.69, 9.17) is 0 Å². The summed E-state index contributed by atoms with van der Waals surface area (Å²) in [5.41, 5.74) is 6.15. The summed E-state index contributed by atoms with van der Waals surface area (Å²) in [6, 6.07) is 30.2. The van der Waals surface area contributed by atoms with Gasteiger partial charge < -0.3 is 9.88 Å². The fourth-order valence-electron chi connectivity index (χ4n) is 5.32. The number of pyridine rings is 1. The highest BCUT2D eigenvalue weighted by molar-refractivity contribution is 5.91. The standard InChI is InChI=1S/C33H37N5O/c1-36-30(18-20-35-32(39)17-14-27-9-8-19-34-25-27)15-16-31(36)26-37-21-23-38(24-22-37)33(28-10-4-2-5-11-28)29-12-6-3-7-13-29/h2-17,19,25,33H,18,20-24,26H2,1H3,(H,35,39)/b17-14+. The third kappa shape index (κ3) is 7.11. The molecule has 0 bridgehead atoms. The lowest BCUT2D eigenvalue weighted by atomic mass is 9.96. The van der Waals surface area contributed by atoms with E-state index in [1.54, 1.807) is 24.5 Å². The molecule has 1 fully saturated rings. The molecule has 3 heterocycles. The molecule has 0 radical (unpaired) electrons. The molecular formula is C33H37N5O. The van der Waals surface area contributed by atoms with Crippen LogP contribution in [0.1, 0.15) is 34.1 Å². The Morgan fingerprint density at radius 3 is 2.18 bits per heavy atom. The molecule has 2 aromatic carbocycles. The summed E-state index contributed by atoms with van der Waals surface area (Å²) in [5, 5.41) is 2.99. The highest BCUT2D eigenvalue weighted by atomic mass is 16.1. The van der Waals surface area contributed by atoms with Gasteiger partial charge in [0.1, 0.15) is 0 Å². The summed E-state index contributed by atoms with van der Waals surface area (Å²) in [5.74, 6) is -0.0875. The minimum atomic E-state index is -0.0875. The van der Waals surface area contributed by atoms with Crippen LogP contribution in [0.25, 0.3) is 6.08 Å². The number of aromatic nitrogens is 2. The molecule has 0 unspecified atom stereocenters. The third-order valence-corrected chi connectivity index (χ3v) is 7.51. The molecule has 200 valence electrons. The second-order valence-corrected chi connectivity index (χ2v) is 10.1. The van der Waals surface area contributed by atoms with Crippen molar-refractivity contribution in [2.45, 2.75) is 19.0 Å². The summed E-state index contributed by atoms with van der Waals surface area (Å²) in [6.07, 6.45) is 7.60. The molecule has 1 N–H and O–H groups in total. The molecule has 0 atom stereocenters. The highest BCUT2D eigenvalue weighted by Crippen LogP contribution is 2.29. The van der Waals surface area contributed by atoms with Crippen LogP contribution >= 0.6 is 0 Å². The van der Waals surface area contributed by atoms with Crippen LogP contribution in [0.4, 0.5) is 0 Å². The van der Waals surface area contributed by atoms with Gasteiger partial charge in [0.25, 0.3) is 0 Å². The Hall–Kier alpha value is -4.00. The largest absolute Gasteiger partial charge is 0.352 e. The lowest BCUT2D eigenvalue weighted by molar-refractivity contribution is -0.116. The number of nitrogens with zero attached hydrogens (tertiary/aromatic N) is 4. The Morgan fingerprint density at radius 2 is 1.54 bits per heavy atom. The van der Waals surface area contributed by atoms with Gasteiger partial charge in [0, 0.05) is 82.6 Å². The molecule has 1 saturated heterocycles. The maximum absolute atomic E-state index is 12.2. The van der Waals surface area contributed by atoms with Crippen molar-refractivity contribution in [3.63, 3.8) is 0 Å². The molecule has 1 amide bonds. The SMILES string of the molecule is Cn1c(CCNC(=O)/C=C/c2cccnc2)ccc1CN1CCN(C(c2ccccc2)c2ccccc2)CC1. The molecule has 1 aliphatic heterocycles. The normalized spacial score (nSPS) is 14.7. The maximum Gasteiger partial charge on any atom is 0.244 e. The fourth-order valence-corrected chi connectivity index (χ4v) is 5.32. The van der Waals surface area contributed by atoms with Gasteiger partial charge in [-0.15, -0.1) is 0 Å². The van der Waals surface area contributed by atoms with Crippen molar-refractivity contribution < 1.29 is 4.79 Å². The van der Waals surface area contributed by atoms with Crippen LogP contribution in [0.3, 0.4) is 0 Å². The van der Waals surface area contributed by atoms with Crippen molar-refractivity contribution >= 4 is 12.0 Å². The third-order valence-electron chi connectivity index (χ3n) is 7.51. The first-order valence-corrected chi connectivity index (χ1v) is 13.7. The number of hydrogen-bond donors (Lipinski definition) is 1. The van der Waals surface area contributed by atoms with Gasteiger partial charge in [-0.3, -0.25) is 19.6 Å². The number of carbonyl (C=O) groups excluding carboxylic acids is 1. The molecule has 1 aliphatic rings. The molecule has 2 aromatic heterocycles. The van der Waals surface area contributed by atoms with Crippen molar-refractivity contribution in [2.75, 3.05) is 32.7 Å². The highest BCUT2D eigenvalue weighted by Gasteiger charge is 2.26. The maximum atomic E-state index is 12.2. The monoisotopic (exact) mass is 519 g/mol. The van der Waals surface area contributed by atoms with E-state index in [2.05, 4.69) is 105 Å². The van der Waals surface area contributed by atoms with E-state index in [0.29, 0.717) is 6.54 Å². The van der Waals surface area contributed by atoms with Crippen LogP contribution in [0.15, 0.2) is 103 Å². The quantitative estimate of drug-likeness (QED) is 0.309. The van der Waals surface area contributed by atoms with Gasteiger partial charge in [-0.1, -0.05) is 66.7 Å². The number of benzene rings is 2. The van der Waals surface area contributed by atoms with Gasteiger partial charge in [-0.05, 0) is 41.0 Å². The van der Waals surface area contributed by atoms with Crippen LogP contribution in [0, 0.1) is 0 Å². The second-order valence-electron chi connectivity index (χ2n) is 10.1. The Labute approximate surface area is 231 Å². The summed E-state index contributed by atoms with van der Waals surface area (Å²) in [7, 11) is 2.13. The zero-order valence-corrected chi connectivity index (χ0v) is 22.6. The molecule has 0 aliphatic carbocycles. The van der Waals surface area contributed by atoms with Crippen molar-refractivity contribution in [2.24, 2.45) is 7.05 Å². The van der Waals surface area contributed by atoms with Gasteiger partial charge in [0.15, 0.2) is 0 Å². The lowest BCUT2D eigenvalue weighted by Crippen LogP contribution is -2.47. The molecule has 4 aromatic rings. The summed E-state index contributed by atoms with van der Waals surface area (Å²) in [4.78, 5) is 21.4. The summed E-state index contributed by atoms with van der Waals surface area (Å²) >= 11 is 0. The van der Waals surface area contributed by atoms with E-state index in [-0.39, 0.29) is 11.9 Å². The number of nitrogens with one attached hydrogen (secondary N) is 1. The number of rotatable bonds is 10. The topological polar surface area (TPSA) is 53.4 Å². The number of piperazine rings is 1. The van der Waals surface area contributed by atoms with Gasteiger partial charge in [0.2, 0.25) is 5.91 Å². The lowest BCUT2D eigenvalue weighted by Gasteiger charge is -2.39. The predicted octanol–water partition coefficient (Wildman–Crippen LogP) is 4.70. The van der Waals surface area contributed by atoms with E-state index in [1.165, 1.54) is 22.5 Å². The Kier molecular flexibility index (Phi) is 8.99. The van der Waals surface area contributed by atoms with Gasteiger partial charge >= 0.3 is 0 Å². The Morgan fingerprint density at radius 1 is 0.872 bits per heavy atom. The molecule has 6 heteroatoms. The molecule has 0 saturated carbocycles. The Bertz CT molecular complexity index is 1300. The minimum Gasteiger partial charge on any atom is -0.352 e. The van der Waals surface area contributed by atoms with E-state index in [0.717, 1.165) is 44.7 Å². The van der Waals surface area contributed by atoms with Crippen LogP contribution in [-0.2, 0) is 24.8 Å². The zero-order chi connectivity index (χ0) is 26.9. The molecule has 6 nitrogen and oxygen atoms in total. The fraction of sp³-hybridized carbons (Fsp3) is 0.273. The van der Waals surface area contributed by atoms with Crippen LogP contribution < -0.4 is 5.32 Å². The summed E-state index contributed by atoms with van der Waals surface area (Å²) < 4.78 is 2.28. The average Bonchev–Trinajstić information content (AvgIpc) is 3.33. The van der Waals surface area contributed by atoms with Crippen molar-refractivity contribution in [3.8, 4) is 0 Å². The van der Waals surface area contributed by atoms with Gasteiger partial charge in [-0.2, -0.15) is 0 Å². The van der Waals surface area contributed by atoms with Gasteiger partial charge in [-0.25, -0.2) is 0 Å². The van der Waals surface area contributed by atoms with E-state index in [9.17, 15) is 4.79 Å². The predicted molar refractivity (Wildman–Crippen MR) is 157 cm³/mol. The van der Waals surface area contributed by atoms with E-state index >= 15 is 0 Å². The first-order valence-electron chi connectivity index (χ1n) is 13.7. The number of amides is 1. The molecule has 39 heavy (non-hydrogen) atoms. The first-order chi connectivity index (χ1) is 19.2. The first kappa shape index (κ1) is 26.6. The molecular weight excluding hydrogens is 482 g/mol.